The lowest BCUT2D eigenvalue weighted by Crippen LogP contribution is -2.50. The lowest BCUT2D eigenvalue weighted by molar-refractivity contribution is -0.121. The number of amides is 1. The van der Waals surface area contributed by atoms with Crippen molar-refractivity contribution in [3.8, 4) is 0 Å². The molecule has 1 fully saturated rings. The fraction of sp³-hybridized carbons (Fsp3) is 0.909. The third-order valence-electron chi connectivity index (χ3n) is 2.72. The summed E-state index contributed by atoms with van der Waals surface area (Å²) < 4.78 is 5.30. The van der Waals surface area contributed by atoms with Gasteiger partial charge in [0.15, 0.2) is 0 Å². The highest BCUT2D eigenvalue weighted by molar-refractivity contribution is 5.78. The van der Waals surface area contributed by atoms with E-state index in [1.54, 1.807) is 0 Å². The van der Waals surface area contributed by atoms with Crippen molar-refractivity contribution in [1.82, 2.24) is 10.6 Å². The van der Waals surface area contributed by atoms with Gasteiger partial charge in [0.2, 0.25) is 5.91 Å². The predicted octanol–water partition coefficient (Wildman–Crippen LogP) is 0.670. The summed E-state index contributed by atoms with van der Waals surface area (Å²) in [7, 11) is 0. The molecule has 1 heterocycles. The maximum absolute atomic E-state index is 11.4. The van der Waals surface area contributed by atoms with Crippen molar-refractivity contribution >= 4 is 5.91 Å². The summed E-state index contributed by atoms with van der Waals surface area (Å²) in [6, 6.07) is 0.210. The fourth-order valence-corrected chi connectivity index (χ4v) is 1.67. The van der Waals surface area contributed by atoms with Crippen molar-refractivity contribution in [2.75, 3.05) is 19.8 Å². The highest BCUT2D eigenvalue weighted by Gasteiger charge is 2.27. The van der Waals surface area contributed by atoms with E-state index >= 15 is 0 Å². The van der Waals surface area contributed by atoms with E-state index in [4.69, 9.17) is 4.74 Å². The normalized spacial score (nSPS) is 20.3. The van der Waals surface area contributed by atoms with Crippen molar-refractivity contribution in [2.24, 2.45) is 0 Å². The van der Waals surface area contributed by atoms with Crippen molar-refractivity contribution in [3.63, 3.8) is 0 Å². The van der Waals surface area contributed by atoms with Crippen LogP contribution in [0.15, 0.2) is 0 Å². The molecule has 0 unspecified atom stereocenters. The molecule has 2 N–H and O–H groups in total. The van der Waals surface area contributed by atoms with E-state index < -0.39 is 0 Å². The van der Waals surface area contributed by atoms with Gasteiger partial charge in [-0.25, -0.2) is 0 Å². The van der Waals surface area contributed by atoms with E-state index in [-0.39, 0.29) is 17.5 Å². The van der Waals surface area contributed by atoms with Gasteiger partial charge >= 0.3 is 0 Å². The molecule has 0 atom stereocenters. The SMILES string of the molecule is CC(C)NC(=O)CNC1(C)CCOCC1. The van der Waals surface area contributed by atoms with E-state index in [2.05, 4.69) is 17.6 Å². The molecule has 0 aromatic carbocycles. The van der Waals surface area contributed by atoms with E-state index in [0.29, 0.717) is 6.54 Å². The number of carbonyl (C=O) groups excluding carboxylic acids is 1. The largest absolute Gasteiger partial charge is 0.381 e. The predicted molar refractivity (Wildman–Crippen MR) is 59.7 cm³/mol. The average molecular weight is 214 g/mol. The molecule has 88 valence electrons. The van der Waals surface area contributed by atoms with E-state index in [9.17, 15) is 4.79 Å². The maximum atomic E-state index is 11.4. The van der Waals surface area contributed by atoms with Crippen LogP contribution in [0.4, 0.5) is 0 Å². The van der Waals surface area contributed by atoms with Gasteiger partial charge in [0.1, 0.15) is 0 Å². The Kier molecular flexibility index (Phi) is 4.54. The lowest BCUT2D eigenvalue weighted by atomic mass is 9.92. The van der Waals surface area contributed by atoms with Gasteiger partial charge in [-0.15, -0.1) is 0 Å². The van der Waals surface area contributed by atoms with Crippen LogP contribution < -0.4 is 10.6 Å². The molecule has 0 aliphatic carbocycles. The highest BCUT2D eigenvalue weighted by Crippen LogP contribution is 2.18. The molecule has 0 bridgehead atoms. The third-order valence-corrected chi connectivity index (χ3v) is 2.72. The second kappa shape index (κ2) is 5.47. The monoisotopic (exact) mass is 214 g/mol. The summed E-state index contributed by atoms with van der Waals surface area (Å²) in [6.07, 6.45) is 1.95. The van der Waals surface area contributed by atoms with Crippen LogP contribution in [-0.4, -0.2) is 37.2 Å². The van der Waals surface area contributed by atoms with Gasteiger partial charge in [-0.3, -0.25) is 4.79 Å². The molecular weight excluding hydrogens is 192 g/mol. The van der Waals surface area contributed by atoms with E-state index in [1.165, 1.54) is 0 Å². The summed E-state index contributed by atoms with van der Waals surface area (Å²) in [4.78, 5) is 11.4. The third kappa shape index (κ3) is 4.62. The second-order valence-electron chi connectivity index (χ2n) is 4.75. The number of hydrogen-bond donors (Lipinski definition) is 2. The highest BCUT2D eigenvalue weighted by atomic mass is 16.5. The molecule has 1 aliphatic heterocycles. The van der Waals surface area contributed by atoms with E-state index in [0.717, 1.165) is 26.1 Å². The zero-order valence-corrected chi connectivity index (χ0v) is 9.93. The molecule has 0 aromatic heterocycles. The van der Waals surface area contributed by atoms with Crippen LogP contribution >= 0.6 is 0 Å². The Morgan fingerprint density at radius 2 is 2.00 bits per heavy atom. The zero-order valence-electron chi connectivity index (χ0n) is 9.93. The first-order chi connectivity index (χ1) is 7.02. The standard InChI is InChI=1S/C11H22N2O2/c1-9(2)13-10(14)8-12-11(3)4-6-15-7-5-11/h9,12H,4-8H2,1-3H3,(H,13,14). The number of hydrogen-bond acceptors (Lipinski definition) is 3. The topological polar surface area (TPSA) is 50.4 Å². The Labute approximate surface area is 91.8 Å². The summed E-state index contributed by atoms with van der Waals surface area (Å²) >= 11 is 0. The van der Waals surface area contributed by atoms with Gasteiger partial charge in [-0.2, -0.15) is 0 Å². The van der Waals surface area contributed by atoms with Crippen molar-refractivity contribution in [3.05, 3.63) is 0 Å². The van der Waals surface area contributed by atoms with Crippen LogP contribution in [0.5, 0.6) is 0 Å². The van der Waals surface area contributed by atoms with Gasteiger partial charge in [-0.1, -0.05) is 0 Å². The fourth-order valence-electron chi connectivity index (χ4n) is 1.67. The Hall–Kier alpha value is -0.610. The van der Waals surface area contributed by atoms with Crippen molar-refractivity contribution < 1.29 is 9.53 Å². The molecule has 1 amide bonds. The summed E-state index contributed by atoms with van der Waals surface area (Å²) in [5.74, 6) is 0.0673. The van der Waals surface area contributed by atoms with Crippen LogP contribution in [0.25, 0.3) is 0 Å². The lowest BCUT2D eigenvalue weighted by Gasteiger charge is -2.34. The van der Waals surface area contributed by atoms with Crippen LogP contribution in [0.2, 0.25) is 0 Å². The molecule has 4 heteroatoms. The van der Waals surface area contributed by atoms with Gasteiger partial charge in [0.05, 0.1) is 6.54 Å². The minimum atomic E-state index is 0.0621. The number of rotatable bonds is 4. The number of carbonyl (C=O) groups is 1. The second-order valence-corrected chi connectivity index (χ2v) is 4.75. The minimum absolute atomic E-state index is 0.0621. The Bertz CT molecular complexity index is 211. The quantitative estimate of drug-likeness (QED) is 0.723. The number of nitrogens with one attached hydrogen (secondary N) is 2. The molecular formula is C11H22N2O2. The molecule has 0 radical (unpaired) electrons. The Balaban J connectivity index is 2.25. The van der Waals surface area contributed by atoms with Gasteiger partial charge in [0.25, 0.3) is 0 Å². The van der Waals surface area contributed by atoms with Gasteiger partial charge in [0, 0.05) is 24.8 Å². The molecule has 4 nitrogen and oxygen atoms in total. The van der Waals surface area contributed by atoms with E-state index in [1.807, 2.05) is 13.8 Å². The van der Waals surface area contributed by atoms with Crippen molar-refractivity contribution in [1.29, 1.82) is 0 Å². The summed E-state index contributed by atoms with van der Waals surface area (Å²) in [5, 5.41) is 6.18. The first-order valence-electron chi connectivity index (χ1n) is 5.64. The zero-order chi connectivity index (χ0) is 11.3. The first-order valence-corrected chi connectivity index (χ1v) is 5.64. The molecule has 0 saturated carbocycles. The van der Waals surface area contributed by atoms with Crippen LogP contribution in [0.3, 0.4) is 0 Å². The van der Waals surface area contributed by atoms with Crippen LogP contribution in [0.1, 0.15) is 33.6 Å². The smallest absolute Gasteiger partial charge is 0.234 e. The molecule has 1 aliphatic rings. The minimum Gasteiger partial charge on any atom is -0.381 e. The summed E-state index contributed by atoms with van der Waals surface area (Å²) in [5.41, 5.74) is 0.0621. The number of ether oxygens (including phenoxy) is 1. The van der Waals surface area contributed by atoms with Gasteiger partial charge in [-0.05, 0) is 33.6 Å². The maximum Gasteiger partial charge on any atom is 0.234 e. The van der Waals surface area contributed by atoms with Gasteiger partial charge < -0.3 is 15.4 Å². The molecule has 15 heavy (non-hydrogen) atoms. The molecule has 0 spiro atoms. The summed E-state index contributed by atoms with van der Waals surface area (Å²) in [6.45, 7) is 8.06. The van der Waals surface area contributed by atoms with Crippen LogP contribution in [0, 0.1) is 0 Å². The first kappa shape index (κ1) is 12.5. The Morgan fingerprint density at radius 3 is 2.53 bits per heavy atom. The molecule has 1 rings (SSSR count). The average Bonchev–Trinajstić information content (AvgIpc) is 2.15. The van der Waals surface area contributed by atoms with Crippen molar-refractivity contribution in [2.45, 2.75) is 45.2 Å². The molecule has 1 saturated heterocycles. The molecule has 0 aromatic rings. The Morgan fingerprint density at radius 1 is 1.40 bits per heavy atom. The van der Waals surface area contributed by atoms with Crippen LogP contribution in [-0.2, 0) is 9.53 Å².